The highest BCUT2D eigenvalue weighted by atomic mass is 16.6. The number of hydrogen-bond acceptors (Lipinski definition) is 6. The number of amides is 2. The Hall–Kier alpha value is -2.77. The van der Waals surface area contributed by atoms with Crippen molar-refractivity contribution in [2.45, 2.75) is 32.7 Å². The molecule has 2 heterocycles. The number of carbonyl (C=O) groups excluding carboxylic acids is 3. The second-order valence-electron chi connectivity index (χ2n) is 7.64. The molecule has 1 fully saturated rings. The average molecular weight is 376 g/mol. The Balaban J connectivity index is 1.58. The Morgan fingerprint density at radius 2 is 1.93 bits per heavy atom. The molecule has 2 amide bonds. The van der Waals surface area contributed by atoms with E-state index in [1.807, 2.05) is 20.8 Å². The molecule has 0 aromatic heterocycles. The number of hydrogen-bond donors (Lipinski definition) is 1. The van der Waals surface area contributed by atoms with Gasteiger partial charge in [0.25, 0.3) is 5.91 Å². The van der Waals surface area contributed by atoms with Crippen LogP contribution in [0.4, 0.5) is 5.69 Å². The van der Waals surface area contributed by atoms with Crippen LogP contribution in [0.1, 0.15) is 27.2 Å². The van der Waals surface area contributed by atoms with Crippen LogP contribution < -0.4 is 19.7 Å². The van der Waals surface area contributed by atoms with Gasteiger partial charge in [-0.15, -0.1) is 0 Å². The first kappa shape index (κ1) is 19.0. The molecule has 1 N–H and O–H groups in total. The van der Waals surface area contributed by atoms with Gasteiger partial charge in [0.05, 0.1) is 5.92 Å². The van der Waals surface area contributed by atoms with Gasteiger partial charge in [-0.25, -0.2) is 0 Å². The van der Waals surface area contributed by atoms with E-state index in [0.717, 1.165) is 0 Å². The maximum absolute atomic E-state index is 12.4. The summed E-state index contributed by atoms with van der Waals surface area (Å²) in [6, 6.07) is 5.24. The molecule has 0 unspecified atom stereocenters. The summed E-state index contributed by atoms with van der Waals surface area (Å²) in [4.78, 5) is 37.9. The lowest BCUT2D eigenvalue weighted by molar-refractivity contribution is -0.152. The molecule has 146 valence electrons. The SMILES string of the molecule is CC(C)(C)NC(=O)COC(=O)[C@@H]1CC(=O)N(c2ccc3c(c2)OCCO3)C1. The maximum Gasteiger partial charge on any atom is 0.311 e. The van der Waals surface area contributed by atoms with Crippen molar-refractivity contribution in [3.05, 3.63) is 18.2 Å². The van der Waals surface area contributed by atoms with Crippen molar-refractivity contribution >= 4 is 23.5 Å². The van der Waals surface area contributed by atoms with E-state index in [1.165, 1.54) is 4.90 Å². The van der Waals surface area contributed by atoms with Gasteiger partial charge in [-0.05, 0) is 32.9 Å². The van der Waals surface area contributed by atoms with Crippen LogP contribution in [-0.2, 0) is 19.1 Å². The molecule has 0 saturated carbocycles. The molecule has 1 aromatic carbocycles. The normalized spacial score (nSPS) is 19.0. The first-order valence-corrected chi connectivity index (χ1v) is 8.90. The van der Waals surface area contributed by atoms with Crippen LogP contribution in [0.5, 0.6) is 11.5 Å². The minimum Gasteiger partial charge on any atom is -0.486 e. The molecule has 1 aromatic rings. The summed E-state index contributed by atoms with van der Waals surface area (Å²) in [5, 5.41) is 2.72. The second kappa shape index (κ2) is 7.46. The Labute approximate surface area is 157 Å². The molecule has 2 aliphatic heterocycles. The van der Waals surface area contributed by atoms with Gasteiger partial charge in [-0.3, -0.25) is 14.4 Å². The number of fused-ring (bicyclic) bond motifs is 1. The average Bonchev–Trinajstić information content (AvgIpc) is 2.99. The number of benzene rings is 1. The standard InChI is InChI=1S/C19H24N2O6/c1-19(2,3)20-16(22)11-27-18(24)12-8-17(23)21(10-12)13-4-5-14-15(9-13)26-7-6-25-14/h4-5,9,12H,6-8,10-11H2,1-3H3,(H,20,22)/t12-/m1/s1. The molecule has 8 heteroatoms. The largest absolute Gasteiger partial charge is 0.486 e. The Morgan fingerprint density at radius 3 is 2.63 bits per heavy atom. The zero-order valence-corrected chi connectivity index (χ0v) is 15.7. The zero-order valence-electron chi connectivity index (χ0n) is 15.7. The van der Waals surface area contributed by atoms with Gasteiger partial charge in [0.2, 0.25) is 5.91 Å². The topological polar surface area (TPSA) is 94.2 Å². The quantitative estimate of drug-likeness (QED) is 0.796. The van der Waals surface area contributed by atoms with Crippen molar-refractivity contribution in [3.8, 4) is 11.5 Å². The van der Waals surface area contributed by atoms with Crippen LogP contribution in [0.15, 0.2) is 18.2 Å². The van der Waals surface area contributed by atoms with E-state index in [0.29, 0.717) is 30.4 Å². The van der Waals surface area contributed by atoms with Crippen molar-refractivity contribution in [2.75, 3.05) is 31.3 Å². The molecule has 0 spiro atoms. The third kappa shape index (κ3) is 4.69. The number of esters is 1. The van der Waals surface area contributed by atoms with Crippen LogP contribution in [0.3, 0.4) is 0 Å². The van der Waals surface area contributed by atoms with Gasteiger partial charge >= 0.3 is 5.97 Å². The van der Waals surface area contributed by atoms with Gasteiger partial charge in [0, 0.05) is 30.3 Å². The summed E-state index contributed by atoms with van der Waals surface area (Å²) in [5.74, 6) is -0.480. The highest BCUT2D eigenvalue weighted by molar-refractivity contribution is 5.99. The Morgan fingerprint density at radius 1 is 1.22 bits per heavy atom. The molecular formula is C19H24N2O6. The molecule has 0 bridgehead atoms. The van der Waals surface area contributed by atoms with E-state index < -0.39 is 17.4 Å². The van der Waals surface area contributed by atoms with Crippen molar-refractivity contribution in [1.29, 1.82) is 0 Å². The predicted molar refractivity (Wildman–Crippen MR) is 96.7 cm³/mol. The molecular weight excluding hydrogens is 352 g/mol. The van der Waals surface area contributed by atoms with Crippen LogP contribution in [0.2, 0.25) is 0 Å². The van der Waals surface area contributed by atoms with E-state index in [9.17, 15) is 14.4 Å². The van der Waals surface area contributed by atoms with E-state index in [-0.39, 0.29) is 31.4 Å². The summed E-state index contributed by atoms with van der Waals surface area (Å²) >= 11 is 0. The number of anilines is 1. The Bertz CT molecular complexity index is 755. The molecule has 0 radical (unpaired) electrons. The van der Waals surface area contributed by atoms with Gasteiger partial charge in [0.15, 0.2) is 18.1 Å². The van der Waals surface area contributed by atoms with Crippen molar-refractivity contribution < 1.29 is 28.6 Å². The number of ether oxygens (including phenoxy) is 3. The Kier molecular flexibility index (Phi) is 5.25. The molecule has 2 aliphatic rings. The van der Waals surface area contributed by atoms with Crippen molar-refractivity contribution in [3.63, 3.8) is 0 Å². The van der Waals surface area contributed by atoms with Crippen LogP contribution >= 0.6 is 0 Å². The lowest BCUT2D eigenvalue weighted by Gasteiger charge is -2.22. The van der Waals surface area contributed by atoms with Gasteiger partial charge in [0.1, 0.15) is 13.2 Å². The van der Waals surface area contributed by atoms with Crippen LogP contribution in [0.25, 0.3) is 0 Å². The fraction of sp³-hybridized carbons (Fsp3) is 0.526. The van der Waals surface area contributed by atoms with E-state index in [1.54, 1.807) is 18.2 Å². The van der Waals surface area contributed by atoms with E-state index in [4.69, 9.17) is 14.2 Å². The number of carbonyl (C=O) groups is 3. The summed E-state index contributed by atoms with van der Waals surface area (Å²) in [6.45, 7) is 6.32. The van der Waals surface area contributed by atoms with Gasteiger partial charge < -0.3 is 24.4 Å². The van der Waals surface area contributed by atoms with Crippen LogP contribution in [0, 0.1) is 5.92 Å². The minimum atomic E-state index is -0.604. The predicted octanol–water partition coefficient (Wildman–Crippen LogP) is 1.27. The summed E-state index contributed by atoms with van der Waals surface area (Å²) in [5.41, 5.74) is 0.243. The molecule has 1 saturated heterocycles. The first-order valence-electron chi connectivity index (χ1n) is 8.90. The first-order chi connectivity index (χ1) is 12.7. The number of nitrogens with zero attached hydrogens (tertiary/aromatic N) is 1. The number of nitrogens with one attached hydrogen (secondary N) is 1. The summed E-state index contributed by atoms with van der Waals surface area (Å²) < 4.78 is 16.1. The fourth-order valence-electron chi connectivity index (χ4n) is 3.02. The van der Waals surface area contributed by atoms with Gasteiger partial charge in [-0.2, -0.15) is 0 Å². The van der Waals surface area contributed by atoms with Crippen molar-refractivity contribution in [1.82, 2.24) is 5.32 Å². The second-order valence-corrected chi connectivity index (χ2v) is 7.64. The monoisotopic (exact) mass is 376 g/mol. The highest BCUT2D eigenvalue weighted by Gasteiger charge is 2.37. The highest BCUT2D eigenvalue weighted by Crippen LogP contribution is 2.36. The summed E-state index contributed by atoms with van der Waals surface area (Å²) in [6.07, 6.45) is 0.0498. The third-order valence-electron chi connectivity index (χ3n) is 4.16. The van der Waals surface area contributed by atoms with Crippen LogP contribution in [-0.4, -0.2) is 49.7 Å². The molecule has 8 nitrogen and oxygen atoms in total. The minimum absolute atomic E-state index is 0.0498. The zero-order chi connectivity index (χ0) is 19.6. The maximum atomic E-state index is 12.4. The number of rotatable bonds is 4. The van der Waals surface area contributed by atoms with Gasteiger partial charge in [-0.1, -0.05) is 0 Å². The molecule has 27 heavy (non-hydrogen) atoms. The lowest BCUT2D eigenvalue weighted by Crippen LogP contribution is -2.43. The molecule has 3 rings (SSSR count). The third-order valence-corrected chi connectivity index (χ3v) is 4.16. The lowest BCUT2D eigenvalue weighted by atomic mass is 10.1. The molecule has 1 atom stereocenters. The fourth-order valence-corrected chi connectivity index (χ4v) is 3.02. The van der Waals surface area contributed by atoms with Crippen molar-refractivity contribution in [2.24, 2.45) is 5.92 Å². The molecule has 0 aliphatic carbocycles. The van der Waals surface area contributed by atoms with E-state index >= 15 is 0 Å². The van der Waals surface area contributed by atoms with E-state index in [2.05, 4.69) is 5.32 Å². The summed E-state index contributed by atoms with van der Waals surface area (Å²) in [7, 11) is 0. The smallest absolute Gasteiger partial charge is 0.311 e.